The Morgan fingerprint density at radius 3 is 1.73 bits per heavy atom. The van der Waals surface area contributed by atoms with Gasteiger partial charge in [0.25, 0.3) is 0 Å². The summed E-state index contributed by atoms with van der Waals surface area (Å²) >= 11 is 1.84. The average Bonchev–Trinajstić information content (AvgIpc) is 3.77. The van der Waals surface area contributed by atoms with Crippen molar-refractivity contribution in [2.75, 3.05) is 4.90 Å². The van der Waals surface area contributed by atoms with E-state index < -0.39 is 0 Å². The number of furan rings is 1. The molecule has 0 aliphatic carbocycles. The molecule has 0 bridgehead atoms. The average molecular weight is 670 g/mol. The second-order valence-corrected chi connectivity index (χ2v) is 14.0. The van der Waals surface area contributed by atoms with Crippen molar-refractivity contribution in [3.05, 3.63) is 188 Å². The first-order valence-electron chi connectivity index (χ1n) is 17.3. The summed E-state index contributed by atoms with van der Waals surface area (Å²) in [6, 6.07) is 67.4. The third-order valence-electron chi connectivity index (χ3n) is 9.91. The Balaban J connectivity index is 1.07. The number of thiophene rings is 1. The van der Waals surface area contributed by atoms with Gasteiger partial charge in [0.15, 0.2) is 0 Å². The molecule has 0 atom stereocenters. The van der Waals surface area contributed by atoms with Gasteiger partial charge in [-0.2, -0.15) is 0 Å². The van der Waals surface area contributed by atoms with Gasteiger partial charge in [-0.05, 0) is 88.0 Å². The minimum atomic E-state index is 0.881. The SMILES string of the molecule is c1ccc(-c2ccccc2-c2ccc(-c3ccc(N(c4ccc5sc6ccccc6c5c4)c4cccc5oc6ccccc6c45)cc3)cc2)cc1. The maximum atomic E-state index is 6.36. The van der Waals surface area contributed by atoms with Crippen LogP contribution < -0.4 is 4.90 Å². The van der Waals surface area contributed by atoms with Crippen LogP contribution in [-0.4, -0.2) is 0 Å². The molecule has 0 unspecified atom stereocenters. The lowest BCUT2D eigenvalue weighted by atomic mass is 9.93. The molecule has 2 aromatic heterocycles. The second kappa shape index (κ2) is 12.2. The molecule has 0 aliphatic rings. The van der Waals surface area contributed by atoms with Crippen LogP contribution in [0.4, 0.5) is 17.1 Å². The first-order valence-corrected chi connectivity index (χ1v) is 18.1. The van der Waals surface area contributed by atoms with Crippen LogP contribution in [0.3, 0.4) is 0 Å². The predicted molar refractivity (Wildman–Crippen MR) is 218 cm³/mol. The monoisotopic (exact) mass is 669 g/mol. The Morgan fingerprint density at radius 1 is 0.373 bits per heavy atom. The lowest BCUT2D eigenvalue weighted by Crippen LogP contribution is -2.10. The molecule has 51 heavy (non-hydrogen) atoms. The summed E-state index contributed by atoms with van der Waals surface area (Å²) in [6.45, 7) is 0. The molecular formula is C48H31NOS. The smallest absolute Gasteiger partial charge is 0.137 e. The lowest BCUT2D eigenvalue weighted by molar-refractivity contribution is 0.669. The molecule has 0 radical (unpaired) electrons. The molecule has 240 valence electrons. The quantitative estimate of drug-likeness (QED) is 0.175. The Bertz CT molecular complexity index is 2850. The third kappa shape index (κ3) is 5.10. The minimum Gasteiger partial charge on any atom is -0.456 e. The van der Waals surface area contributed by atoms with Crippen molar-refractivity contribution in [2.45, 2.75) is 0 Å². The molecule has 10 rings (SSSR count). The maximum absolute atomic E-state index is 6.36. The van der Waals surface area contributed by atoms with Gasteiger partial charge in [0.1, 0.15) is 11.2 Å². The zero-order valence-electron chi connectivity index (χ0n) is 27.7. The molecule has 2 nitrogen and oxygen atoms in total. The number of benzene rings is 8. The summed E-state index contributed by atoms with van der Waals surface area (Å²) in [5.41, 5.74) is 12.3. The maximum Gasteiger partial charge on any atom is 0.137 e. The number of rotatable bonds is 6. The molecule has 0 amide bonds. The first-order chi connectivity index (χ1) is 25.3. The molecular weight excluding hydrogens is 639 g/mol. The van der Waals surface area contributed by atoms with E-state index in [0.717, 1.165) is 39.0 Å². The van der Waals surface area contributed by atoms with Crippen LogP contribution in [-0.2, 0) is 0 Å². The van der Waals surface area contributed by atoms with Crippen LogP contribution >= 0.6 is 11.3 Å². The predicted octanol–water partition coefficient (Wildman–Crippen LogP) is 14.4. The minimum absolute atomic E-state index is 0.881. The van der Waals surface area contributed by atoms with E-state index in [0.29, 0.717) is 0 Å². The zero-order valence-corrected chi connectivity index (χ0v) is 28.5. The van der Waals surface area contributed by atoms with Crippen LogP contribution in [0, 0.1) is 0 Å². The van der Waals surface area contributed by atoms with Gasteiger partial charge in [-0.1, -0.05) is 133 Å². The van der Waals surface area contributed by atoms with Gasteiger partial charge in [0.2, 0.25) is 0 Å². The van der Waals surface area contributed by atoms with Crippen LogP contribution in [0.1, 0.15) is 0 Å². The number of para-hydroxylation sites is 1. The Labute approximate surface area is 300 Å². The zero-order chi connectivity index (χ0) is 33.7. The molecule has 2 heterocycles. The standard InChI is InChI=1S/C48H31NOS/c1-2-11-34(12-3-1)38-13-4-5-14-39(38)35-23-21-32(22-24-35)33-25-27-36(28-26-33)49(37-29-30-47-42(31-37)40-15-7-9-20-46(40)51-47)43-17-10-19-45-48(43)41-16-6-8-18-44(41)50-45/h1-31H. The van der Waals surface area contributed by atoms with Gasteiger partial charge in [-0.3, -0.25) is 0 Å². The van der Waals surface area contributed by atoms with E-state index in [1.807, 2.05) is 23.5 Å². The number of fused-ring (bicyclic) bond motifs is 6. The van der Waals surface area contributed by atoms with Crippen molar-refractivity contribution >= 4 is 70.5 Å². The Kier molecular flexibility index (Phi) is 7.04. The molecule has 0 saturated heterocycles. The largest absolute Gasteiger partial charge is 0.456 e. The van der Waals surface area contributed by atoms with Crippen LogP contribution in [0.25, 0.3) is 75.5 Å². The highest BCUT2D eigenvalue weighted by Gasteiger charge is 2.20. The molecule has 0 saturated carbocycles. The highest BCUT2D eigenvalue weighted by molar-refractivity contribution is 7.25. The van der Waals surface area contributed by atoms with E-state index in [1.54, 1.807) is 0 Å². The van der Waals surface area contributed by atoms with Crippen LogP contribution in [0.5, 0.6) is 0 Å². The van der Waals surface area contributed by atoms with E-state index in [9.17, 15) is 0 Å². The molecule has 0 N–H and O–H groups in total. The molecule has 0 fully saturated rings. The summed E-state index contributed by atoms with van der Waals surface area (Å²) < 4.78 is 8.95. The number of nitrogens with zero attached hydrogens (tertiary/aromatic N) is 1. The van der Waals surface area contributed by atoms with Gasteiger partial charge in [0.05, 0.1) is 11.1 Å². The van der Waals surface area contributed by atoms with E-state index >= 15 is 0 Å². The highest BCUT2D eigenvalue weighted by Crippen LogP contribution is 2.45. The summed E-state index contributed by atoms with van der Waals surface area (Å²) in [5, 5.41) is 4.78. The van der Waals surface area contributed by atoms with Gasteiger partial charge in [0, 0.05) is 36.9 Å². The van der Waals surface area contributed by atoms with Gasteiger partial charge < -0.3 is 9.32 Å². The van der Waals surface area contributed by atoms with Gasteiger partial charge in [-0.15, -0.1) is 11.3 Å². The van der Waals surface area contributed by atoms with Crippen molar-refractivity contribution in [2.24, 2.45) is 0 Å². The first kappa shape index (κ1) is 29.5. The van der Waals surface area contributed by atoms with Gasteiger partial charge in [-0.25, -0.2) is 0 Å². The number of hydrogen-bond acceptors (Lipinski definition) is 3. The molecule has 0 aliphatic heterocycles. The van der Waals surface area contributed by atoms with Crippen molar-refractivity contribution < 1.29 is 4.42 Å². The summed E-state index contributed by atoms with van der Waals surface area (Å²) in [6.07, 6.45) is 0. The van der Waals surface area contributed by atoms with Crippen molar-refractivity contribution in [1.29, 1.82) is 0 Å². The fraction of sp³-hybridized carbons (Fsp3) is 0. The van der Waals surface area contributed by atoms with E-state index in [4.69, 9.17) is 4.42 Å². The summed E-state index contributed by atoms with van der Waals surface area (Å²) in [7, 11) is 0. The van der Waals surface area contributed by atoms with Crippen LogP contribution in [0.2, 0.25) is 0 Å². The third-order valence-corrected chi connectivity index (χ3v) is 11.1. The van der Waals surface area contributed by atoms with E-state index in [-0.39, 0.29) is 0 Å². The van der Waals surface area contributed by atoms with Crippen LogP contribution in [0.15, 0.2) is 192 Å². The van der Waals surface area contributed by atoms with Crippen molar-refractivity contribution in [1.82, 2.24) is 0 Å². The fourth-order valence-corrected chi connectivity index (χ4v) is 8.56. The van der Waals surface area contributed by atoms with Gasteiger partial charge >= 0.3 is 0 Å². The molecule has 10 aromatic rings. The number of hydrogen-bond donors (Lipinski definition) is 0. The Hall–Kier alpha value is -6.42. The summed E-state index contributed by atoms with van der Waals surface area (Å²) in [4.78, 5) is 2.38. The number of anilines is 3. The van der Waals surface area contributed by atoms with Crippen molar-refractivity contribution in [3.63, 3.8) is 0 Å². The molecule has 0 spiro atoms. The van der Waals surface area contributed by atoms with E-state index in [2.05, 4.69) is 181 Å². The molecule has 3 heteroatoms. The lowest BCUT2D eigenvalue weighted by Gasteiger charge is -2.26. The fourth-order valence-electron chi connectivity index (χ4n) is 7.47. The summed E-state index contributed by atoms with van der Waals surface area (Å²) in [5.74, 6) is 0. The van der Waals surface area contributed by atoms with Crippen molar-refractivity contribution in [3.8, 4) is 33.4 Å². The Morgan fingerprint density at radius 2 is 0.941 bits per heavy atom. The topological polar surface area (TPSA) is 16.4 Å². The van der Waals surface area contributed by atoms with E-state index in [1.165, 1.54) is 53.6 Å². The molecule has 8 aromatic carbocycles. The highest BCUT2D eigenvalue weighted by atomic mass is 32.1. The normalized spacial score (nSPS) is 11.5. The second-order valence-electron chi connectivity index (χ2n) is 12.9.